The molecule has 2 rings (SSSR count). The lowest BCUT2D eigenvalue weighted by Crippen LogP contribution is -2.55. The van der Waals surface area contributed by atoms with E-state index in [1.165, 1.54) is 5.56 Å². The van der Waals surface area contributed by atoms with Crippen LogP contribution in [-0.4, -0.2) is 63.7 Å². The fourth-order valence-corrected chi connectivity index (χ4v) is 3.68. The summed E-state index contributed by atoms with van der Waals surface area (Å²) in [5.41, 5.74) is 0.153. The molecule has 1 heterocycles. The number of rotatable bonds is 7. The van der Waals surface area contributed by atoms with E-state index in [9.17, 15) is 4.79 Å². The molecule has 0 bridgehead atoms. The van der Waals surface area contributed by atoms with Gasteiger partial charge in [-0.15, -0.1) is 24.0 Å². The molecule has 0 saturated carbocycles. The summed E-state index contributed by atoms with van der Waals surface area (Å²) in [6, 6.07) is 8.28. The molecule has 1 saturated heterocycles. The molecule has 0 unspecified atom stereocenters. The van der Waals surface area contributed by atoms with Crippen molar-refractivity contribution in [2.24, 2.45) is 4.99 Å². The normalized spacial score (nSPS) is 16.3. The second kappa shape index (κ2) is 12.6. The van der Waals surface area contributed by atoms with Crippen molar-refractivity contribution in [1.29, 1.82) is 0 Å². The summed E-state index contributed by atoms with van der Waals surface area (Å²) in [5.74, 6) is 1.53. The minimum atomic E-state index is -0.537. The van der Waals surface area contributed by atoms with Gasteiger partial charge in [0.1, 0.15) is 11.4 Å². The molecule has 1 amide bonds. The lowest BCUT2D eigenvalue weighted by atomic mass is 9.74. The first-order chi connectivity index (χ1) is 15.0. The van der Waals surface area contributed by atoms with E-state index in [-0.39, 0.29) is 29.4 Å². The highest BCUT2D eigenvalue weighted by atomic mass is 127. The van der Waals surface area contributed by atoms with Gasteiger partial charge in [0.15, 0.2) is 5.96 Å². The second-order valence-corrected chi connectivity index (χ2v) is 9.91. The molecule has 188 valence electrons. The lowest BCUT2D eigenvalue weighted by molar-refractivity contribution is 0.0474. The molecule has 1 fully saturated rings. The van der Waals surface area contributed by atoms with Gasteiger partial charge in [0, 0.05) is 38.8 Å². The molecule has 0 radical (unpaired) electrons. The van der Waals surface area contributed by atoms with Crippen LogP contribution in [0, 0.1) is 0 Å². The first-order valence-electron chi connectivity index (χ1n) is 11.2. The zero-order valence-corrected chi connectivity index (χ0v) is 23.4. The van der Waals surface area contributed by atoms with Gasteiger partial charge in [0.2, 0.25) is 0 Å². The van der Waals surface area contributed by atoms with Gasteiger partial charge < -0.3 is 30.2 Å². The van der Waals surface area contributed by atoms with Gasteiger partial charge in [-0.1, -0.05) is 12.1 Å². The number of methoxy groups -OCH3 is 1. The number of ether oxygens (including phenoxy) is 3. The Hall–Kier alpha value is -1.75. The fraction of sp³-hybridized carbons (Fsp3) is 0.667. The van der Waals surface area contributed by atoms with Crippen molar-refractivity contribution >= 4 is 36.0 Å². The molecule has 0 spiro atoms. The summed E-state index contributed by atoms with van der Waals surface area (Å²) in [5, 5.41) is 9.71. The average Bonchev–Trinajstić information content (AvgIpc) is 2.72. The summed E-state index contributed by atoms with van der Waals surface area (Å²) >= 11 is 0. The Morgan fingerprint density at radius 3 is 2.21 bits per heavy atom. The number of nitrogens with one attached hydrogen (secondary N) is 3. The number of benzene rings is 1. The largest absolute Gasteiger partial charge is 0.497 e. The van der Waals surface area contributed by atoms with Crippen LogP contribution in [0.4, 0.5) is 4.79 Å². The molecular weight excluding hydrogens is 535 g/mol. The zero-order valence-electron chi connectivity index (χ0n) is 21.0. The zero-order chi connectivity index (χ0) is 23.8. The summed E-state index contributed by atoms with van der Waals surface area (Å²) < 4.78 is 16.3. The van der Waals surface area contributed by atoms with Crippen LogP contribution in [0.2, 0.25) is 0 Å². The number of nitrogens with zero attached hydrogens (tertiary/aromatic N) is 1. The average molecular weight is 577 g/mol. The molecule has 1 aromatic carbocycles. The number of halogens is 1. The van der Waals surface area contributed by atoms with Gasteiger partial charge in [-0.3, -0.25) is 4.99 Å². The highest BCUT2D eigenvalue weighted by Crippen LogP contribution is 2.35. The maximum Gasteiger partial charge on any atom is 0.408 e. The Morgan fingerprint density at radius 2 is 1.70 bits per heavy atom. The maximum atomic E-state index is 12.1. The van der Waals surface area contributed by atoms with Crippen molar-refractivity contribution in [3.63, 3.8) is 0 Å². The third-order valence-electron chi connectivity index (χ3n) is 5.51. The van der Waals surface area contributed by atoms with E-state index in [1.54, 1.807) is 14.2 Å². The Bertz CT molecular complexity index is 770. The Kier molecular flexibility index (Phi) is 11.2. The molecule has 0 aliphatic carbocycles. The number of amides is 1. The van der Waals surface area contributed by atoms with Crippen LogP contribution in [0.25, 0.3) is 0 Å². The summed E-state index contributed by atoms with van der Waals surface area (Å²) in [7, 11) is 3.42. The van der Waals surface area contributed by atoms with Crippen LogP contribution in [-0.2, 0) is 14.9 Å². The first-order valence-corrected chi connectivity index (χ1v) is 11.2. The third-order valence-corrected chi connectivity index (χ3v) is 5.51. The first kappa shape index (κ1) is 29.3. The van der Waals surface area contributed by atoms with Crippen molar-refractivity contribution < 1.29 is 19.0 Å². The molecule has 0 aromatic heterocycles. The molecule has 8 nitrogen and oxygen atoms in total. The highest BCUT2D eigenvalue weighted by molar-refractivity contribution is 14.0. The molecule has 1 aromatic rings. The maximum absolute atomic E-state index is 12.1. The molecule has 0 atom stereocenters. The number of alkyl carbamates (subject to hydrolysis) is 1. The fourth-order valence-electron chi connectivity index (χ4n) is 3.68. The monoisotopic (exact) mass is 576 g/mol. The number of hydrogen-bond donors (Lipinski definition) is 3. The van der Waals surface area contributed by atoms with Gasteiger partial charge in [0.25, 0.3) is 0 Å². The number of hydrogen-bond acceptors (Lipinski definition) is 5. The van der Waals surface area contributed by atoms with Gasteiger partial charge >= 0.3 is 6.09 Å². The van der Waals surface area contributed by atoms with Crippen LogP contribution in [0.3, 0.4) is 0 Å². The Morgan fingerprint density at radius 1 is 1.09 bits per heavy atom. The summed E-state index contributed by atoms with van der Waals surface area (Å²) in [6.07, 6.45) is 1.41. The molecule has 9 heteroatoms. The highest BCUT2D eigenvalue weighted by Gasteiger charge is 2.35. The van der Waals surface area contributed by atoms with Crippen molar-refractivity contribution in [3.05, 3.63) is 29.8 Å². The number of guanidine groups is 1. The van der Waals surface area contributed by atoms with Gasteiger partial charge in [-0.05, 0) is 65.2 Å². The topological polar surface area (TPSA) is 93.2 Å². The van der Waals surface area contributed by atoms with Crippen LogP contribution in [0.15, 0.2) is 29.3 Å². The number of carbonyl (C=O) groups is 1. The van der Waals surface area contributed by atoms with Gasteiger partial charge in [0.05, 0.1) is 12.6 Å². The molecule has 3 N–H and O–H groups in total. The van der Waals surface area contributed by atoms with Gasteiger partial charge in [-0.25, -0.2) is 4.79 Å². The Labute approximate surface area is 215 Å². The van der Waals surface area contributed by atoms with E-state index < -0.39 is 17.2 Å². The van der Waals surface area contributed by atoms with Crippen molar-refractivity contribution in [3.8, 4) is 5.75 Å². The predicted molar refractivity (Wildman–Crippen MR) is 143 cm³/mol. The smallest absolute Gasteiger partial charge is 0.408 e. The van der Waals surface area contributed by atoms with Crippen LogP contribution >= 0.6 is 24.0 Å². The molecule has 1 aliphatic rings. The predicted octanol–water partition coefficient (Wildman–Crippen LogP) is 3.83. The Balaban J connectivity index is 0.00000544. The van der Waals surface area contributed by atoms with Crippen molar-refractivity contribution in [2.45, 2.75) is 64.0 Å². The number of carbonyl (C=O) groups excluding carboxylic acids is 1. The minimum Gasteiger partial charge on any atom is -0.497 e. The van der Waals surface area contributed by atoms with Crippen molar-refractivity contribution in [1.82, 2.24) is 16.0 Å². The standard InChI is InChI=1S/C24H40N4O4.HI/c1-22(2,3)32-21(29)28-23(4,5)16-26-20(25-6)27-17-24(12-14-31-15-13-24)18-8-10-19(30-7)11-9-18;/h8-11H,12-17H2,1-7H3,(H,28,29)(H2,25,26,27);1H. The lowest BCUT2D eigenvalue weighted by Gasteiger charge is -2.38. The summed E-state index contributed by atoms with van der Waals surface area (Å²) in [4.78, 5) is 16.5. The van der Waals surface area contributed by atoms with E-state index in [0.29, 0.717) is 12.5 Å². The summed E-state index contributed by atoms with van der Waals surface area (Å²) in [6.45, 7) is 12.1. The number of aliphatic imine (C=N–C) groups is 1. The SMILES string of the molecule is CN=C(NCC(C)(C)NC(=O)OC(C)(C)C)NCC1(c2ccc(OC)cc2)CCOCC1.I. The molecule has 1 aliphatic heterocycles. The van der Waals surface area contributed by atoms with Crippen LogP contribution < -0.4 is 20.7 Å². The molecule has 33 heavy (non-hydrogen) atoms. The van der Waals surface area contributed by atoms with E-state index in [0.717, 1.165) is 38.3 Å². The second-order valence-electron chi connectivity index (χ2n) is 9.91. The van der Waals surface area contributed by atoms with Crippen LogP contribution in [0.1, 0.15) is 53.0 Å². The van der Waals surface area contributed by atoms with Crippen LogP contribution in [0.5, 0.6) is 5.75 Å². The van der Waals surface area contributed by atoms with E-state index in [2.05, 4.69) is 33.1 Å². The third kappa shape index (κ3) is 9.56. The van der Waals surface area contributed by atoms with Gasteiger partial charge in [-0.2, -0.15) is 0 Å². The van der Waals surface area contributed by atoms with Crippen molar-refractivity contribution in [2.75, 3.05) is 40.5 Å². The van der Waals surface area contributed by atoms with E-state index in [4.69, 9.17) is 14.2 Å². The minimum absolute atomic E-state index is 0. The van der Waals surface area contributed by atoms with E-state index in [1.807, 2.05) is 46.8 Å². The molecular formula is C24H41IN4O4. The quantitative estimate of drug-likeness (QED) is 0.260. The van der Waals surface area contributed by atoms with E-state index >= 15 is 0 Å².